The molecule has 2 aromatic rings. The van der Waals surface area contributed by atoms with Crippen molar-refractivity contribution in [2.75, 3.05) is 7.11 Å². The largest absolute Gasteiger partial charge is 0.478 e. The average Bonchev–Trinajstić information content (AvgIpc) is 2.72. The summed E-state index contributed by atoms with van der Waals surface area (Å²) in [7, 11) is 1.25. The molecule has 0 unspecified atom stereocenters. The van der Waals surface area contributed by atoms with E-state index >= 15 is 0 Å². The molecule has 2 aromatic heterocycles. The summed E-state index contributed by atoms with van der Waals surface area (Å²) in [6.45, 7) is 0. The summed E-state index contributed by atoms with van der Waals surface area (Å²) < 4.78 is 5.91. The van der Waals surface area contributed by atoms with Crippen LogP contribution in [0.1, 0.15) is 10.4 Å². The molecule has 4 N–H and O–H groups in total. The quantitative estimate of drug-likeness (QED) is 0.643. The van der Waals surface area contributed by atoms with E-state index in [1.165, 1.54) is 30.1 Å². The SMILES string of the molecule is CO[C@@](N)(O)n1ccc2cc(C(=O)O)cnc21. The predicted molar refractivity (Wildman–Crippen MR) is 58.1 cm³/mol. The van der Waals surface area contributed by atoms with Crippen LogP contribution in [0.5, 0.6) is 0 Å². The van der Waals surface area contributed by atoms with Crippen LogP contribution in [0, 0.1) is 0 Å². The molecule has 2 rings (SSSR count). The number of carbonyl (C=O) groups is 1. The van der Waals surface area contributed by atoms with E-state index in [-0.39, 0.29) is 5.56 Å². The van der Waals surface area contributed by atoms with Gasteiger partial charge in [-0.2, -0.15) is 0 Å². The number of aromatic carboxylic acids is 1. The third kappa shape index (κ3) is 1.86. The van der Waals surface area contributed by atoms with Gasteiger partial charge >= 0.3 is 12.0 Å². The molecule has 0 amide bonds. The monoisotopic (exact) mass is 237 g/mol. The molecule has 0 aliphatic carbocycles. The van der Waals surface area contributed by atoms with Gasteiger partial charge in [-0.15, -0.1) is 0 Å². The number of carboxylic acid groups (broad SMARTS) is 1. The van der Waals surface area contributed by atoms with Crippen LogP contribution in [0.25, 0.3) is 11.0 Å². The number of nitrogens with two attached hydrogens (primary N) is 1. The van der Waals surface area contributed by atoms with Crippen LogP contribution in [0.2, 0.25) is 0 Å². The Morgan fingerprint density at radius 2 is 2.35 bits per heavy atom. The maximum Gasteiger partial charge on any atom is 0.337 e. The molecule has 2 heterocycles. The Hall–Kier alpha value is -1.96. The second-order valence-electron chi connectivity index (χ2n) is 3.49. The van der Waals surface area contributed by atoms with Gasteiger partial charge < -0.3 is 14.9 Å². The van der Waals surface area contributed by atoms with Crippen LogP contribution in [-0.2, 0) is 10.8 Å². The van der Waals surface area contributed by atoms with Crippen LogP contribution in [-0.4, -0.2) is 32.8 Å². The first-order valence-corrected chi connectivity index (χ1v) is 4.73. The van der Waals surface area contributed by atoms with Crippen molar-refractivity contribution in [2.45, 2.75) is 6.03 Å². The standard InChI is InChI=1S/C10H11N3O4/c1-17-10(11,16)13-3-2-6-4-7(9(14)15)5-12-8(6)13/h2-5,16H,11H2,1H3,(H,14,15)/t10-/m1/s1. The van der Waals surface area contributed by atoms with Gasteiger partial charge in [0, 0.05) is 24.9 Å². The second kappa shape index (κ2) is 3.81. The molecule has 0 fully saturated rings. The van der Waals surface area contributed by atoms with Crippen molar-refractivity contribution in [1.82, 2.24) is 9.55 Å². The van der Waals surface area contributed by atoms with E-state index in [2.05, 4.69) is 4.98 Å². The highest BCUT2D eigenvalue weighted by Crippen LogP contribution is 2.19. The topological polar surface area (TPSA) is 111 Å². The number of aliphatic hydroxyl groups is 1. The number of hydrogen-bond acceptors (Lipinski definition) is 5. The Morgan fingerprint density at radius 1 is 1.65 bits per heavy atom. The van der Waals surface area contributed by atoms with Crippen molar-refractivity contribution in [3.8, 4) is 0 Å². The van der Waals surface area contributed by atoms with E-state index in [9.17, 15) is 9.90 Å². The van der Waals surface area contributed by atoms with Crippen LogP contribution in [0.4, 0.5) is 0 Å². The molecule has 1 atom stereocenters. The normalized spacial score (nSPS) is 14.8. The first-order chi connectivity index (χ1) is 7.95. The molecule has 7 nitrogen and oxygen atoms in total. The van der Waals surface area contributed by atoms with Gasteiger partial charge in [0.2, 0.25) is 0 Å². The number of pyridine rings is 1. The van der Waals surface area contributed by atoms with Crippen LogP contribution >= 0.6 is 0 Å². The summed E-state index contributed by atoms with van der Waals surface area (Å²) in [5.74, 6) is -1.07. The Balaban J connectivity index is 2.60. The number of methoxy groups -OCH3 is 1. The van der Waals surface area contributed by atoms with Crippen LogP contribution < -0.4 is 5.73 Å². The fourth-order valence-corrected chi connectivity index (χ4v) is 1.50. The number of aromatic nitrogens is 2. The van der Waals surface area contributed by atoms with Crippen molar-refractivity contribution in [3.05, 3.63) is 30.1 Å². The minimum absolute atomic E-state index is 0.0632. The maximum absolute atomic E-state index is 10.8. The Morgan fingerprint density at radius 3 is 2.94 bits per heavy atom. The summed E-state index contributed by atoms with van der Waals surface area (Å²) in [6.07, 6.45) is 2.65. The highest BCUT2D eigenvalue weighted by molar-refractivity contribution is 5.91. The zero-order valence-electron chi connectivity index (χ0n) is 8.99. The molecule has 0 saturated heterocycles. The highest BCUT2D eigenvalue weighted by atomic mass is 16.7. The number of ether oxygens (including phenoxy) is 1. The molecule has 7 heteroatoms. The highest BCUT2D eigenvalue weighted by Gasteiger charge is 2.25. The van der Waals surface area contributed by atoms with Crippen molar-refractivity contribution >= 4 is 17.0 Å². The van der Waals surface area contributed by atoms with E-state index < -0.39 is 12.0 Å². The first kappa shape index (κ1) is 11.5. The number of hydrogen-bond donors (Lipinski definition) is 3. The molecule has 0 aliphatic heterocycles. The van der Waals surface area contributed by atoms with E-state index in [1.807, 2.05) is 0 Å². The van der Waals surface area contributed by atoms with Crippen molar-refractivity contribution in [1.29, 1.82) is 0 Å². The van der Waals surface area contributed by atoms with Crippen LogP contribution in [0.3, 0.4) is 0 Å². The van der Waals surface area contributed by atoms with Gasteiger partial charge in [-0.05, 0) is 12.1 Å². The summed E-state index contributed by atoms with van der Waals surface area (Å²) in [5.41, 5.74) is 5.88. The van der Waals surface area contributed by atoms with Gasteiger partial charge in [-0.1, -0.05) is 0 Å². The van der Waals surface area contributed by atoms with Crippen molar-refractivity contribution in [3.63, 3.8) is 0 Å². The molecule has 0 aromatic carbocycles. The molecule has 0 spiro atoms. The lowest BCUT2D eigenvalue weighted by Gasteiger charge is -2.22. The molecular weight excluding hydrogens is 226 g/mol. The smallest absolute Gasteiger partial charge is 0.337 e. The van der Waals surface area contributed by atoms with E-state index in [4.69, 9.17) is 15.6 Å². The van der Waals surface area contributed by atoms with E-state index in [1.54, 1.807) is 6.07 Å². The van der Waals surface area contributed by atoms with Crippen molar-refractivity contribution in [2.24, 2.45) is 5.73 Å². The summed E-state index contributed by atoms with van der Waals surface area (Å²) in [6, 6.07) is 1.01. The molecule has 17 heavy (non-hydrogen) atoms. The molecule has 0 bridgehead atoms. The van der Waals surface area contributed by atoms with Gasteiger partial charge in [-0.25, -0.2) is 9.78 Å². The van der Waals surface area contributed by atoms with Crippen molar-refractivity contribution < 1.29 is 19.7 Å². The minimum atomic E-state index is -2.01. The second-order valence-corrected chi connectivity index (χ2v) is 3.49. The lowest BCUT2D eigenvalue weighted by Crippen LogP contribution is -2.44. The first-order valence-electron chi connectivity index (χ1n) is 4.73. The molecule has 0 saturated carbocycles. The molecule has 90 valence electrons. The number of rotatable bonds is 3. The average molecular weight is 237 g/mol. The lowest BCUT2D eigenvalue weighted by molar-refractivity contribution is -0.242. The van der Waals surface area contributed by atoms with Crippen LogP contribution in [0.15, 0.2) is 24.5 Å². The Bertz CT molecular complexity index is 576. The summed E-state index contributed by atoms with van der Waals surface area (Å²) in [5, 5.41) is 19.1. The van der Waals surface area contributed by atoms with Gasteiger partial charge in [0.05, 0.1) is 5.56 Å². The third-order valence-corrected chi connectivity index (χ3v) is 2.42. The number of nitrogens with zero attached hydrogens (tertiary/aromatic N) is 2. The molecular formula is C10H11N3O4. The zero-order valence-corrected chi connectivity index (χ0v) is 8.99. The third-order valence-electron chi connectivity index (χ3n) is 2.42. The number of fused-ring (bicyclic) bond motifs is 1. The maximum atomic E-state index is 10.8. The Labute approximate surface area is 96.1 Å². The van der Waals surface area contributed by atoms with Gasteiger partial charge in [0.25, 0.3) is 0 Å². The fraction of sp³-hybridized carbons (Fsp3) is 0.200. The Kier molecular flexibility index (Phi) is 2.58. The van der Waals surface area contributed by atoms with E-state index in [0.717, 1.165) is 0 Å². The fourth-order valence-electron chi connectivity index (χ4n) is 1.50. The van der Waals surface area contributed by atoms with E-state index in [0.29, 0.717) is 11.0 Å². The number of carboxylic acids is 1. The summed E-state index contributed by atoms with van der Waals surface area (Å²) >= 11 is 0. The lowest BCUT2D eigenvalue weighted by atomic mass is 10.2. The minimum Gasteiger partial charge on any atom is -0.478 e. The summed E-state index contributed by atoms with van der Waals surface area (Å²) in [4.78, 5) is 14.7. The predicted octanol–water partition coefficient (Wildman–Crippen LogP) is -0.100. The van der Waals surface area contributed by atoms with Gasteiger partial charge in [0.15, 0.2) is 0 Å². The van der Waals surface area contributed by atoms with Gasteiger partial charge in [0.1, 0.15) is 5.65 Å². The van der Waals surface area contributed by atoms with Gasteiger partial charge in [-0.3, -0.25) is 10.3 Å². The molecule has 0 aliphatic rings. The zero-order chi connectivity index (χ0) is 12.6. The molecule has 0 radical (unpaired) electrons.